The van der Waals surface area contributed by atoms with Crippen LogP contribution < -0.4 is 16.0 Å². The average Bonchev–Trinajstić information content (AvgIpc) is 2.68. The van der Waals surface area contributed by atoms with Crippen LogP contribution in [0.2, 0.25) is 0 Å². The summed E-state index contributed by atoms with van der Waals surface area (Å²) < 4.78 is 0. The summed E-state index contributed by atoms with van der Waals surface area (Å²) in [6.45, 7) is 5.38. The number of carbonyl (C=O) groups excluding carboxylic acids is 2. The monoisotopic (exact) mass is 357 g/mol. The maximum atomic E-state index is 12.2. The lowest BCUT2D eigenvalue weighted by molar-refractivity contribution is -0.131. The Kier molecular flexibility index (Phi) is 6.49. The summed E-state index contributed by atoms with van der Waals surface area (Å²) in [5.41, 5.74) is 1.89. The van der Waals surface area contributed by atoms with Gasteiger partial charge in [-0.2, -0.15) is 0 Å². The molecule has 0 aliphatic carbocycles. The Morgan fingerprint density at radius 2 is 1.81 bits per heavy atom. The predicted octanol–water partition coefficient (Wildman–Crippen LogP) is 0.366. The molecule has 0 spiro atoms. The molecule has 1 fully saturated rings. The SMILES string of the molecule is O=C(CN1C=CNCC1)Nc1ccc(CCC(=O)N2CCNCC2)cc1. The summed E-state index contributed by atoms with van der Waals surface area (Å²) >= 11 is 0. The molecule has 3 N–H and O–H groups in total. The quantitative estimate of drug-likeness (QED) is 0.686. The highest BCUT2D eigenvalue weighted by molar-refractivity contribution is 5.92. The molecule has 26 heavy (non-hydrogen) atoms. The number of carbonyl (C=O) groups is 2. The van der Waals surface area contributed by atoms with Crippen LogP contribution in [0, 0.1) is 0 Å². The fourth-order valence-electron chi connectivity index (χ4n) is 3.12. The van der Waals surface area contributed by atoms with Crippen LogP contribution in [-0.4, -0.2) is 67.4 Å². The van der Waals surface area contributed by atoms with Gasteiger partial charge in [0.15, 0.2) is 0 Å². The normalized spacial score (nSPS) is 16.9. The Hall–Kier alpha value is -2.54. The first-order valence-electron chi connectivity index (χ1n) is 9.22. The minimum absolute atomic E-state index is 0.0295. The Balaban J connectivity index is 1.42. The van der Waals surface area contributed by atoms with Gasteiger partial charge in [0.2, 0.25) is 11.8 Å². The zero-order valence-electron chi connectivity index (χ0n) is 15.0. The fourth-order valence-corrected chi connectivity index (χ4v) is 3.12. The summed E-state index contributed by atoms with van der Waals surface area (Å²) in [4.78, 5) is 28.2. The van der Waals surface area contributed by atoms with Crippen LogP contribution in [0.3, 0.4) is 0 Å². The molecule has 2 aliphatic rings. The average molecular weight is 357 g/mol. The zero-order chi connectivity index (χ0) is 18.2. The lowest BCUT2D eigenvalue weighted by Gasteiger charge is -2.27. The largest absolute Gasteiger partial charge is 0.388 e. The van der Waals surface area contributed by atoms with Crippen molar-refractivity contribution in [2.24, 2.45) is 0 Å². The number of rotatable bonds is 6. The number of hydrogen-bond acceptors (Lipinski definition) is 5. The molecule has 0 aromatic heterocycles. The van der Waals surface area contributed by atoms with Crippen molar-refractivity contribution in [1.82, 2.24) is 20.4 Å². The van der Waals surface area contributed by atoms with Crippen LogP contribution in [0.25, 0.3) is 0 Å². The number of amides is 2. The number of nitrogens with one attached hydrogen (secondary N) is 3. The number of anilines is 1. The van der Waals surface area contributed by atoms with Gasteiger partial charge < -0.3 is 25.8 Å². The van der Waals surface area contributed by atoms with Crippen LogP contribution in [-0.2, 0) is 16.0 Å². The fraction of sp³-hybridized carbons (Fsp3) is 0.474. The van der Waals surface area contributed by atoms with E-state index in [1.165, 1.54) is 0 Å². The number of hydrogen-bond donors (Lipinski definition) is 3. The van der Waals surface area contributed by atoms with Crippen LogP contribution in [0.1, 0.15) is 12.0 Å². The third-order valence-corrected chi connectivity index (χ3v) is 4.63. The lowest BCUT2D eigenvalue weighted by atomic mass is 10.1. The van der Waals surface area contributed by atoms with Crippen molar-refractivity contribution in [3.8, 4) is 0 Å². The van der Waals surface area contributed by atoms with Crippen LogP contribution >= 0.6 is 0 Å². The van der Waals surface area contributed by atoms with Gasteiger partial charge in [0, 0.05) is 63.8 Å². The van der Waals surface area contributed by atoms with Crippen molar-refractivity contribution in [2.45, 2.75) is 12.8 Å². The second-order valence-electron chi connectivity index (χ2n) is 6.62. The molecule has 1 saturated heterocycles. The number of piperazine rings is 1. The van der Waals surface area contributed by atoms with Gasteiger partial charge in [0.1, 0.15) is 0 Å². The first-order valence-corrected chi connectivity index (χ1v) is 9.22. The molecule has 140 valence electrons. The second kappa shape index (κ2) is 9.24. The Bertz CT molecular complexity index is 638. The first-order chi connectivity index (χ1) is 12.7. The molecule has 0 saturated carbocycles. The topological polar surface area (TPSA) is 76.7 Å². The van der Waals surface area contributed by atoms with E-state index >= 15 is 0 Å². The first kappa shape index (κ1) is 18.3. The van der Waals surface area contributed by atoms with Crippen LogP contribution in [0.4, 0.5) is 5.69 Å². The van der Waals surface area contributed by atoms with Crippen molar-refractivity contribution in [3.63, 3.8) is 0 Å². The highest BCUT2D eigenvalue weighted by Gasteiger charge is 2.15. The Labute approximate surface area is 154 Å². The second-order valence-corrected chi connectivity index (χ2v) is 6.62. The molecule has 7 heteroatoms. The van der Waals surface area contributed by atoms with Crippen molar-refractivity contribution in [2.75, 3.05) is 51.1 Å². The molecule has 0 bridgehead atoms. The molecule has 3 rings (SSSR count). The van der Waals surface area contributed by atoms with Crippen molar-refractivity contribution in [3.05, 3.63) is 42.2 Å². The molecule has 2 amide bonds. The highest BCUT2D eigenvalue weighted by Crippen LogP contribution is 2.12. The molecule has 2 aliphatic heterocycles. The van der Waals surface area contributed by atoms with E-state index in [2.05, 4.69) is 16.0 Å². The van der Waals surface area contributed by atoms with Crippen molar-refractivity contribution in [1.29, 1.82) is 0 Å². The molecule has 2 heterocycles. The number of nitrogens with zero attached hydrogens (tertiary/aromatic N) is 2. The van der Waals surface area contributed by atoms with E-state index in [0.717, 1.165) is 56.9 Å². The van der Waals surface area contributed by atoms with Crippen LogP contribution in [0.5, 0.6) is 0 Å². The minimum Gasteiger partial charge on any atom is -0.388 e. The molecule has 7 nitrogen and oxygen atoms in total. The molecule has 1 aromatic carbocycles. The molecular weight excluding hydrogens is 330 g/mol. The van der Waals surface area contributed by atoms with Crippen molar-refractivity contribution < 1.29 is 9.59 Å². The predicted molar refractivity (Wildman–Crippen MR) is 102 cm³/mol. The van der Waals surface area contributed by atoms with Crippen molar-refractivity contribution >= 4 is 17.5 Å². The van der Waals surface area contributed by atoms with E-state index in [0.29, 0.717) is 13.0 Å². The van der Waals surface area contributed by atoms with E-state index in [1.54, 1.807) is 0 Å². The summed E-state index contributed by atoms with van der Waals surface area (Å²) in [5, 5.41) is 9.27. The maximum absolute atomic E-state index is 12.2. The van der Waals surface area contributed by atoms with Gasteiger partial charge in [-0.1, -0.05) is 12.1 Å². The van der Waals surface area contributed by atoms with E-state index < -0.39 is 0 Å². The van der Waals surface area contributed by atoms with Gasteiger partial charge in [-0.15, -0.1) is 0 Å². The summed E-state index contributed by atoms with van der Waals surface area (Å²) in [7, 11) is 0. The van der Waals surface area contributed by atoms with E-state index in [1.807, 2.05) is 46.5 Å². The minimum atomic E-state index is -0.0295. The van der Waals surface area contributed by atoms with Gasteiger partial charge in [-0.05, 0) is 24.1 Å². The molecular formula is C19H27N5O2. The number of aryl methyl sites for hydroxylation is 1. The van der Waals surface area contributed by atoms with Gasteiger partial charge >= 0.3 is 0 Å². The third kappa shape index (κ3) is 5.49. The van der Waals surface area contributed by atoms with Gasteiger partial charge in [-0.3, -0.25) is 9.59 Å². The van der Waals surface area contributed by atoms with Gasteiger partial charge in [0.25, 0.3) is 0 Å². The number of benzene rings is 1. The molecule has 0 atom stereocenters. The van der Waals surface area contributed by atoms with Gasteiger partial charge in [0.05, 0.1) is 6.54 Å². The molecule has 0 radical (unpaired) electrons. The Morgan fingerprint density at radius 1 is 1.04 bits per heavy atom. The van der Waals surface area contributed by atoms with E-state index in [-0.39, 0.29) is 11.8 Å². The van der Waals surface area contributed by atoms with E-state index in [4.69, 9.17) is 0 Å². The Morgan fingerprint density at radius 3 is 2.50 bits per heavy atom. The molecule has 0 unspecified atom stereocenters. The smallest absolute Gasteiger partial charge is 0.243 e. The summed E-state index contributed by atoms with van der Waals surface area (Å²) in [6.07, 6.45) is 5.00. The lowest BCUT2D eigenvalue weighted by Crippen LogP contribution is -2.46. The van der Waals surface area contributed by atoms with Crippen LogP contribution in [0.15, 0.2) is 36.7 Å². The summed E-state index contributed by atoms with van der Waals surface area (Å²) in [6, 6.07) is 7.75. The highest BCUT2D eigenvalue weighted by atomic mass is 16.2. The van der Waals surface area contributed by atoms with Gasteiger partial charge in [-0.25, -0.2) is 0 Å². The standard InChI is InChI=1S/C19H27N5O2/c25-18(15-23-11-7-20-8-12-23)22-17-4-1-16(2-5-17)3-6-19(26)24-13-9-21-10-14-24/h1-2,4-5,7,11,20-21H,3,6,8-10,12-15H2,(H,22,25). The van der Waals surface area contributed by atoms with E-state index in [9.17, 15) is 9.59 Å². The maximum Gasteiger partial charge on any atom is 0.243 e. The third-order valence-electron chi connectivity index (χ3n) is 4.63. The zero-order valence-corrected chi connectivity index (χ0v) is 15.0. The summed E-state index contributed by atoms with van der Waals surface area (Å²) in [5.74, 6) is 0.186. The molecule has 1 aromatic rings.